The molecule has 0 spiro atoms. The molecule has 244 valence electrons. The summed E-state index contributed by atoms with van der Waals surface area (Å²) in [5.74, 6) is -3.71. The summed E-state index contributed by atoms with van der Waals surface area (Å²) in [6, 6.07) is 7.58. The number of hydrogen-bond donors (Lipinski definition) is 1. The van der Waals surface area contributed by atoms with Crippen LogP contribution in [-0.2, 0) is 37.3 Å². The van der Waals surface area contributed by atoms with Crippen molar-refractivity contribution in [3.63, 3.8) is 0 Å². The monoisotopic (exact) mass is 667 g/mol. The van der Waals surface area contributed by atoms with E-state index in [4.69, 9.17) is 14.2 Å². The molecule has 11 nitrogen and oxygen atoms in total. The van der Waals surface area contributed by atoms with Crippen LogP contribution in [0.15, 0.2) is 46.8 Å². The largest absolute Gasteiger partial charge is 0.497 e. The third-order valence-electron chi connectivity index (χ3n) is 5.76. The molecule has 1 amide bonds. The van der Waals surface area contributed by atoms with Crippen molar-refractivity contribution in [2.75, 3.05) is 18.0 Å². The number of hydrogen-bond acceptors (Lipinski definition) is 10. The van der Waals surface area contributed by atoms with Gasteiger partial charge in [0.05, 0.1) is 30.6 Å². The number of nitrogens with one attached hydrogen (secondary N) is 1. The highest BCUT2D eigenvalue weighted by atomic mass is 32.2. The number of aromatic nitrogens is 1. The van der Waals surface area contributed by atoms with Crippen LogP contribution >= 0.6 is 11.3 Å². The minimum Gasteiger partial charge on any atom is -0.497 e. The van der Waals surface area contributed by atoms with Crippen molar-refractivity contribution >= 4 is 44.2 Å². The van der Waals surface area contributed by atoms with E-state index in [9.17, 15) is 22.8 Å². The maximum absolute atomic E-state index is 15.2. The smallest absolute Gasteiger partial charge is 0.408 e. The van der Waals surface area contributed by atoms with Gasteiger partial charge in [-0.05, 0) is 71.4 Å². The van der Waals surface area contributed by atoms with Gasteiger partial charge in [-0.1, -0.05) is 12.1 Å². The highest BCUT2D eigenvalue weighted by Crippen LogP contribution is 2.34. The predicted molar refractivity (Wildman–Crippen MR) is 163 cm³/mol. The molecule has 0 radical (unpaired) electrons. The Morgan fingerprint density at radius 2 is 1.53 bits per heavy atom. The van der Waals surface area contributed by atoms with Crippen molar-refractivity contribution in [1.82, 2.24) is 10.3 Å². The first-order chi connectivity index (χ1) is 20.8. The number of rotatable bonds is 11. The average Bonchev–Trinajstić information content (AvgIpc) is 3.40. The Labute approximate surface area is 264 Å². The van der Waals surface area contributed by atoms with Crippen LogP contribution in [0.5, 0.6) is 5.75 Å². The van der Waals surface area contributed by atoms with Crippen LogP contribution < -0.4 is 14.4 Å². The van der Waals surface area contributed by atoms with Gasteiger partial charge in [0.15, 0.2) is 11.5 Å². The number of sulfonamides is 1. The van der Waals surface area contributed by atoms with E-state index >= 15 is 8.78 Å². The number of benzene rings is 2. The zero-order chi connectivity index (χ0) is 33.7. The molecule has 0 fully saturated rings. The van der Waals surface area contributed by atoms with Crippen LogP contribution in [0, 0.1) is 11.6 Å². The Bertz CT molecular complexity index is 1640. The Balaban J connectivity index is 1.97. The molecule has 45 heavy (non-hydrogen) atoms. The molecule has 2 aromatic carbocycles. The lowest BCUT2D eigenvalue weighted by Gasteiger charge is -2.25. The highest BCUT2D eigenvalue weighted by molar-refractivity contribution is 7.93. The molecule has 1 aromatic heterocycles. The van der Waals surface area contributed by atoms with Gasteiger partial charge >= 0.3 is 12.1 Å². The molecule has 0 atom stereocenters. The fraction of sp³-hybridized carbons (Fsp3) is 0.400. The van der Waals surface area contributed by atoms with E-state index in [1.807, 2.05) is 0 Å². The Kier molecular flexibility index (Phi) is 10.9. The molecule has 0 bridgehead atoms. The normalized spacial score (nSPS) is 11.9. The van der Waals surface area contributed by atoms with Crippen molar-refractivity contribution in [2.24, 2.45) is 0 Å². The first kappa shape index (κ1) is 35.4. The van der Waals surface area contributed by atoms with Gasteiger partial charge in [0, 0.05) is 12.0 Å². The minimum absolute atomic E-state index is 0.131. The second-order valence-electron chi connectivity index (χ2n) is 11.8. The van der Waals surface area contributed by atoms with Crippen molar-refractivity contribution in [3.8, 4) is 5.75 Å². The van der Waals surface area contributed by atoms with E-state index in [0.717, 1.165) is 15.6 Å². The predicted octanol–water partition coefficient (Wildman–Crippen LogP) is 5.42. The van der Waals surface area contributed by atoms with Gasteiger partial charge in [0.2, 0.25) is 0 Å². The van der Waals surface area contributed by atoms with Crippen LogP contribution in [0.2, 0.25) is 0 Å². The lowest BCUT2D eigenvalue weighted by molar-refractivity contribution is -0.117. The van der Waals surface area contributed by atoms with Crippen molar-refractivity contribution in [3.05, 3.63) is 70.4 Å². The summed E-state index contributed by atoms with van der Waals surface area (Å²) < 4.78 is 74.9. The first-order valence-electron chi connectivity index (χ1n) is 13.6. The second-order valence-corrected chi connectivity index (χ2v) is 14.5. The SMILES string of the molecule is COc1ccc(CN(c2scnc2C(=O)OC(C)(C)C)S(=O)(=O)c2cc(F)c(CC(=O)CNC(=O)OC(C)(C)C)c(F)c2)cc1. The molecular weight excluding hydrogens is 632 g/mol. The number of Topliss-reactive ketones (excluding diaryl/α,β-unsaturated/α-hetero) is 1. The molecule has 0 saturated heterocycles. The van der Waals surface area contributed by atoms with Gasteiger partial charge in [-0.25, -0.2) is 31.8 Å². The molecule has 0 aliphatic rings. The summed E-state index contributed by atoms with van der Waals surface area (Å²) in [7, 11) is -3.27. The summed E-state index contributed by atoms with van der Waals surface area (Å²) >= 11 is 0.825. The number of methoxy groups -OCH3 is 1. The van der Waals surface area contributed by atoms with Crippen LogP contribution in [-0.4, -0.2) is 56.1 Å². The topological polar surface area (TPSA) is 141 Å². The summed E-state index contributed by atoms with van der Waals surface area (Å²) in [6.07, 6.45) is -1.65. The van der Waals surface area contributed by atoms with Gasteiger partial charge in [-0.15, -0.1) is 11.3 Å². The number of esters is 1. The zero-order valence-electron chi connectivity index (χ0n) is 25.9. The second kappa shape index (κ2) is 13.9. The number of thiazole rings is 1. The van der Waals surface area contributed by atoms with Gasteiger partial charge in [0.25, 0.3) is 10.0 Å². The number of nitrogens with zero attached hydrogens (tertiary/aromatic N) is 2. The first-order valence-corrected chi connectivity index (χ1v) is 15.9. The van der Waals surface area contributed by atoms with E-state index < -0.39 is 74.1 Å². The van der Waals surface area contributed by atoms with E-state index in [1.54, 1.807) is 65.8 Å². The summed E-state index contributed by atoms with van der Waals surface area (Å²) in [4.78, 5) is 40.4. The Hall–Kier alpha value is -4.11. The van der Waals surface area contributed by atoms with Crippen LogP contribution in [0.3, 0.4) is 0 Å². The van der Waals surface area contributed by atoms with Crippen LogP contribution in [0.4, 0.5) is 18.6 Å². The Morgan fingerprint density at radius 1 is 0.956 bits per heavy atom. The van der Waals surface area contributed by atoms with Crippen molar-refractivity contribution < 1.29 is 45.8 Å². The summed E-state index contributed by atoms with van der Waals surface area (Å²) in [5.41, 5.74) is -0.998. The molecule has 0 saturated carbocycles. The summed E-state index contributed by atoms with van der Waals surface area (Å²) in [5, 5.41) is 2.08. The van der Waals surface area contributed by atoms with Crippen LogP contribution in [0.25, 0.3) is 0 Å². The number of amides is 1. The number of anilines is 1. The molecular formula is C30H35F2N3O8S2. The van der Waals surface area contributed by atoms with E-state index in [0.29, 0.717) is 23.4 Å². The minimum atomic E-state index is -4.74. The number of carbonyl (C=O) groups is 3. The molecule has 3 rings (SSSR count). The van der Waals surface area contributed by atoms with Gasteiger partial charge < -0.3 is 19.5 Å². The molecule has 0 aliphatic heterocycles. The van der Waals surface area contributed by atoms with Gasteiger partial charge in [-0.2, -0.15) is 0 Å². The molecule has 15 heteroatoms. The highest BCUT2D eigenvalue weighted by Gasteiger charge is 2.34. The van der Waals surface area contributed by atoms with E-state index in [1.165, 1.54) is 12.6 Å². The molecule has 0 aliphatic carbocycles. The van der Waals surface area contributed by atoms with Crippen molar-refractivity contribution in [2.45, 2.75) is 70.6 Å². The Morgan fingerprint density at radius 3 is 2.07 bits per heavy atom. The van der Waals surface area contributed by atoms with Crippen molar-refractivity contribution in [1.29, 1.82) is 0 Å². The number of ketones is 1. The number of alkyl carbamates (subject to hydrolysis) is 1. The maximum atomic E-state index is 15.2. The quantitative estimate of drug-likeness (QED) is 0.266. The standard InChI is InChI=1S/C30H35F2N3O8S2/c1-29(2,3)42-27(37)25-26(44-17-34-25)35(16-18-8-10-20(41-7)11-9-18)45(39,40)21-13-23(31)22(24(32)14-21)12-19(36)15-33-28(38)43-30(4,5)6/h8-11,13-14,17H,12,15-16H2,1-7H3,(H,33,38). The third kappa shape index (κ3) is 9.69. The van der Waals surface area contributed by atoms with Gasteiger partial charge in [-0.3, -0.25) is 9.10 Å². The number of ether oxygens (including phenoxy) is 3. The molecule has 0 unspecified atom stereocenters. The van der Waals surface area contributed by atoms with Gasteiger partial charge in [0.1, 0.15) is 33.6 Å². The molecule has 1 N–H and O–H groups in total. The fourth-order valence-electron chi connectivity index (χ4n) is 3.82. The number of halogens is 2. The zero-order valence-corrected chi connectivity index (χ0v) is 27.5. The molecule has 1 heterocycles. The lowest BCUT2D eigenvalue weighted by Crippen LogP contribution is -2.36. The summed E-state index contributed by atoms with van der Waals surface area (Å²) in [6.45, 7) is 8.86. The molecule has 3 aromatic rings. The fourth-order valence-corrected chi connectivity index (χ4v) is 6.31. The van der Waals surface area contributed by atoms with E-state index in [2.05, 4.69) is 10.3 Å². The third-order valence-corrected chi connectivity index (χ3v) is 8.44. The van der Waals surface area contributed by atoms with Crippen LogP contribution in [0.1, 0.15) is 63.2 Å². The lowest BCUT2D eigenvalue weighted by atomic mass is 10.1. The van der Waals surface area contributed by atoms with E-state index in [-0.39, 0.29) is 17.2 Å². The maximum Gasteiger partial charge on any atom is 0.408 e. The average molecular weight is 668 g/mol. The number of carbonyl (C=O) groups excluding carboxylic acids is 3.